The third kappa shape index (κ3) is 2.02. The standard InChI is InChI=1S/C8H14O3/c1-7(2)5-6-8(3,9-4)11-10-7/h5-6H,1-4H3/t8-/m1/s1. The summed E-state index contributed by atoms with van der Waals surface area (Å²) in [5, 5.41) is 0. The summed E-state index contributed by atoms with van der Waals surface area (Å²) in [7, 11) is 1.58. The molecule has 3 nitrogen and oxygen atoms in total. The highest BCUT2D eigenvalue weighted by Crippen LogP contribution is 2.26. The first-order valence-corrected chi connectivity index (χ1v) is 3.60. The predicted octanol–water partition coefficient (Wildman–Crippen LogP) is 1.65. The van der Waals surface area contributed by atoms with Crippen LogP contribution in [-0.2, 0) is 14.5 Å². The van der Waals surface area contributed by atoms with Crippen LogP contribution in [-0.4, -0.2) is 18.5 Å². The largest absolute Gasteiger partial charge is 0.348 e. The van der Waals surface area contributed by atoms with Gasteiger partial charge in [0.15, 0.2) is 0 Å². The molecule has 1 rings (SSSR count). The minimum absolute atomic E-state index is 0.349. The van der Waals surface area contributed by atoms with Gasteiger partial charge in [0.1, 0.15) is 5.60 Å². The first-order valence-electron chi connectivity index (χ1n) is 3.60. The Morgan fingerprint density at radius 1 is 1.09 bits per heavy atom. The van der Waals surface area contributed by atoms with Crippen molar-refractivity contribution in [2.75, 3.05) is 7.11 Å². The molecule has 0 aliphatic carbocycles. The minimum Gasteiger partial charge on any atom is -0.348 e. The van der Waals surface area contributed by atoms with Crippen LogP contribution < -0.4 is 0 Å². The molecule has 1 heterocycles. The van der Waals surface area contributed by atoms with Crippen LogP contribution in [0.1, 0.15) is 20.8 Å². The van der Waals surface area contributed by atoms with Crippen molar-refractivity contribution in [3.8, 4) is 0 Å². The predicted molar refractivity (Wildman–Crippen MR) is 40.8 cm³/mol. The third-order valence-electron chi connectivity index (χ3n) is 1.61. The maximum Gasteiger partial charge on any atom is 0.217 e. The quantitative estimate of drug-likeness (QED) is 0.429. The molecule has 0 aromatic heterocycles. The molecule has 0 aromatic carbocycles. The van der Waals surface area contributed by atoms with Crippen molar-refractivity contribution in [1.29, 1.82) is 0 Å². The molecule has 0 aromatic rings. The van der Waals surface area contributed by atoms with Crippen LogP contribution in [0.15, 0.2) is 12.2 Å². The van der Waals surface area contributed by atoms with Crippen LogP contribution in [0, 0.1) is 0 Å². The summed E-state index contributed by atoms with van der Waals surface area (Å²) in [4.78, 5) is 10.1. The Balaban J connectivity index is 2.70. The monoisotopic (exact) mass is 158 g/mol. The van der Waals surface area contributed by atoms with Crippen molar-refractivity contribution in [3.05, 3.63) is 12.2 Å². The van der Waals surface area contributed by atoms with E-state index in [2.05, 4.69) is 0 Å². The fraction of sp³-hybridized carbons (Fsp3) is 0.750. The van der Waals surface area contributed by atoms with Gasteiger partial charge < -0.3 is 4.74 Å². The molecule has 1 atom stereocenters. The molecule has 0 spiro atoms. The van der Waals surface area contributed by atoms with Crippen molar-refractivity contribution < 1.29 is 14.5 Å². The van der Waals surface area contributed by atoms with Gasteiger partial charge in [-0.2, -0.15) is 4.89 Å². The Hall–Kier alpha value is -0.380. The summed E-state index contributed by atoms with van der Waals surface area (Å²) in [6, 6.07) is 0. The van der Waals surface area contributed by atoms with Crippen LogP contribution in [0.2, 0.25) is 0 Å². The van der Waals surface area contributed by atoms with Gasteiger partial charge in [0, 0.05) is 7.11 Å². The maximum absolute atomic E-state index is 5.06. The second kappa shape index (κ2) is 2.59. The van der Waals surface area contributed by atoms with E-state index in [1.807, 2.05) is 26.0 Å². The average Bonchev–Trinajstić information content (AvgIpc) is 1.97. The first kappa shape index (κ1) is 8.71. The van der Waals surface area contributed by atoms with Crippen molar-refractivity contribution >= 4 is 0 Å². The van der Waals surface area contributed by atoms with E-state index in [9.17, 15) is 0 Å². The van der Waals surface area contributed by atoms with Gasteiger partial charge in [-0.1, -0.05) is 0 Å². The molecule has 1 aliphatic rings. The summed E-state index contributed by atoms with van der Waals surface area (Å²) in [5.74, 6) is -0.727. The minimum atomic E-state index is -0.727. The second-order valence-corrected chi connectivity index (χ2v) is 3.32. The van der Waals surface area contributed by atoms with E-state index < -0.39 is 5.79 Å². The lowest BCUT2D eigenvalue weighted by atomic mass is 10.1. The summed E-state index contributed by atoms with van der Waals surface area (Å²) in [5.41, 5.74) is -0.349. The Morgan fingerprint density at radius 2 is 1.73 bits per heavy atom. The molecule has 0 unspecified atom stereocenters. The van der Waals surface area contributed by atoms with E-state index in [4.69, 9.17) is 14.5 Å². The number of hydrogen-bond donors (Lipinski definition) is 0. The highest BCUT2D eigenvalue weighted by molar-refractivity contribution is 5.04. The molecule has 0 N–H and O–H groups in total. The van der Waals surface area contributed by atoms with Crippen LogP contribution in [0.25, 0.3) is 0 Å². The molecule has 0 saturated carbocycles. The van der Waals surface area contributed by atoms with Gasteiger partial charge in [0.25, 0.3) is 0 Å². The Bertz CT molecular complexity index is 174. The average molecular weight is 158 g/mol. The van der Waals surface area contributed by atoms with Gasteiger partial charge in [-0.3, -0.25) is 0 Å². The summed E-state index contributed by atoms with van der Waals surface area (Å²) >= 11 is 0. The van der Waals surface area contributed by atoms with Crippen molar-refractivity contribution in [2.45, 2.75) is 32.2 Å². The maximum atomic E-state index is 5.06. The van der Waals surface area contributed by atoms with Crippen LogP contribution in [0.4, 0.5) is 0 Å². The highest BCUT2D eigenvalue weighted by Gasteiger charge is 2.32. The topological polar surface area (TPSA) is 27.7 Å². The highest BCUT2D eigenvalue weighted by atomic mass is 17.2. The Labute approximate surface area is 66.9 Å². The molecule has 64 valence electrons. The lowest BCUT2D eigenvalue weighted by Crippen LogP contribution is -2.38. The molecule has 0 amide bonds. The number of ether oxygens (including phenoxy) is 1. The first-order chi connectivity index (χ1) is 4.97. The van der Waals surface area contributed by atoms with Crippen LogP contribution >= 0.6 is 0 Å². The fourth-order valence-corrected chi connectivity index (χ4v) is 0.700. The SMILES string of the molecule is CO[C@@]1(C)C=CC(C)(C)OO1. The molecule has 1 aliphatic heterocycles. The van der Waals surface area contributed by atoms with E-state index in [0.717, 1.165) is 0 Å². The third-order valence-corrected chi connectivity index (χ3v) is 1.61. The van der Waals surface area contributed by atoms with Gasteiger partial charge in [-0.15, -0.1) is 0 Å². The number of hydrogen-bond acceptors (Lipinski definition) is 3. The second-order valence-electron chi connectivity index (χ2n) is 3.32. The van der Waals surface area contributed by atoms with Crippen LogP contribution in [0.5, 0.6) is 0 Å². The van der Waals surface area contributed by atoms with Gasteiger partial charge in [-0.05, 0) is 32.9 Å². The molecule has 11 heavy (non-hydrogen) atoms. The Kier molecular flexibility index (Phi) is 2.05. The lowest BCUT2D eigenvalue weighted by Gasteiger charge is -2.33. The van der Waals surface area contributed by atoms with E-state index in [1.165, 1.54) is 0 Å². The number of methoxy groups -OCH3 is 1. The van der Waals surface area contributed by atoms with Crippen LogP contribution in [0.3, 0.4) is 0 Å². The normalized spacial score (nSPS) is 35.6. The van der Waals surface area contributed by atoms with Gasteiger partial charge >= 0.3 is 0 Å². The van der Waals surface area contributed by atoms with E-state index >= 15 is 0 Å². The smallest absolute Gasteiger partial charge is 0.217 e. The van der Waals surface area contributed by atoms with Crippen molar-refractivity contribution in [2.24, 2.45) is 0 Å². The molecule has 0 fully saturated rings. The van der Waals surface area contributed by atoms with Gasteiger partial charge in [-0.25, -0.2) is 4.89 Å². The summed E-state index contributed by atoms with van der Waals surface area (Å²) in [6.45, 7) is 5.62. The zero-order valence-electron chi connectivity index (χ0n) is 7.38. The Morgan fingerprint density at radius 3 is 2.09 bits per heavy atom. The zero-order chi connectivity index (χ0) is 8.54. The van der Waals surface area contributed by atoms with E-state index in [-0.39, 0.29) is 5.60 Å². The fourth-order valence-electron chi connectivity index (χ4n) is 0.700. The van der Waals surface area contributed by atoms with Gasteiger partial charge in [0.05, 0.1) is 0 Å². The van der Waals surface area contributed by atoms with Gasteiger partial charge in [0.2, 0.25) is 5.79 Å². The molecule has 0 saturated heterocycles. The lowest BCUT2D eigenvalue weighted by molar-refractivity contribution is -0.439. The van der Waals surface area contributed by atoms with Crippen molar-refractivity contribution in [1.82, 2.24) is 0 Å². The van der Waals surface area contributed by atoms with E-state index in [1.54, 1.807) is 14.0 Å². The summed E-state index contributed by atoms with van der Waals surface area (Å²) < 4.78 is 5.04. The molecule has 3 heteroatoms. The number of rotatable bonds is 1. The zero-order valence-corrected chi connectivity index (χ0v) is 7.38. The molecule has 0 radical (unpaired) electrons. The molecular formula is C8H14O3. The molecular weight excluding hydrogens is 144 g/mol. The summed E-state index contributed by atoms with van der Waals surface area (Å²) in [6.07, 6.45) is 3.76. The molecule has 0 bridgehead atoms. The van der Waals surface area contributed by atoms with E-state index in [0.29, 0.717) is 0 Å². The van der Waals surface area contributed by atoms with Crippen molar-refractivity contribution in [3.63, 3.8) is 0 Å².